The summed E-state index contributed by atoms with van der Waals surface area (Å²) in [7, 11) is 1.35. The quantitative estimate of drug-likeness (QED) is 0.646. The standard InChI is InChI=1S/C23H22N2O3/c1-28-23(27)20-13-6-5-12-19(20)17-10-7-11-18(14-17)22(26)25-21(15-24)16-8-3-2-4-9-16/h2-14,21H,15,24H2,1H3,(H,25,26)/t21-/m0/s1. The largest absolute Gasteiger partial charge is 0.465 e. The van der Waals surface area contributed by atoms with Crippen molar-refractivity contribution in [2.75, 3.05) is 13.7 Å². The smallest absolute Gasteiger partial charge is 0.338 e. The van der Waals surface area contributed by atoms with Crippen LogP contribution in [0.15, 0.2) is 78.9 Å². The maximum atomic E-state index is 12.8. The molecule has 142 valence electrons. The molecule has 0 spiro atoms. The minimum Gasteiger partial charge on any atom is -0.465 e. The van der Waals surface area contributed by atoms with Gasteiger partial charge in [-0.25, -0.2) is 4.79 Å². The number of carbonyl (C=O) groups excluding carboxylic acids is 2. The lowest BCUT2D eigenvalue weighted by molar-refractivity contribution is 0.0601. The molecule has 0 radical (unpaired) electrons. The first-order valence-corrected chi connectivity index (χ1v) is 8.97. The molecule has 0 unspecified atom stereocenters. The Morgan fingerprint density at radius 3 is 2.39 bits per heavy atom. The summed E-state index contributed by atoms with van der Waals surface area (Å²) < 4.78 is 4.86. The van der Waals surface area contributed by atoms with E-state index in [1.165, 1.54) is 7.11 Å². The van der Waals surface area contributed by atoms with Gasteiger partial charge in [0.15, 0.2) is 0 Å². The Morgan fingerprint density at radius 1 is 0.964 bits per heavy atom. The minimum atomic E-state index is -0.419. The van der Waals surface area contributed by atoms with Crippen molar-refractivity contribution in [3.63, 3.8) is 0 Å². The summed E-state index contributed by atoms with van der Waals surface area (Å²) in [4.78, 5) is 24.8. The minimum absolute atomic E-state index is 0.225. The van der Waals surface area contributed by atoms with Crippen molar-refractivity contribution in [2.45, 2.75) is 6.04 Å². The van der Waals surface area contributed by atoms with Crippen LogP contribution in [0.1, 0.15) is 32.3 Å². The molecule has 28 heavy (non-hydrogen) atoms. The van der Waals surface area contributed by atoms with Crippen LogP contribution >= 0.6 is 0 Å². The van der Waals surface area contributed by atoms with Gasteiger partial charge in [-0.05, 0) is 34.9 Å². The van der Waals surface area contributed by atoms with Gasteiger partial charge in [0.25, 0.3) is 5.91 Å². The van der Waals surface area contributed by atoms with Gasteiger partial charge in [0.05, 0.1) is 18.7 Å². The van der Waals surface area contributed by atoms with Gasteiger partial charge in [-0.2, -0.15) is 0 Å². The fourth-order valence-electron chi connectivity index (χ4n) is 3.06. The molecule has 0 fully saturated rings. The summed E-state index contributed by atoms with van der Waals surface area (Å²) in [6, 6.07) is 23.6. The fraction of sp³-hybridized carbons (Fsp3) is 0.130. The van der Waals surface area contributed by atoms with Crippen LogP contribution in [-0.4, -0.2) is 25.5 Å². The molecule has 3 aromatic rings. The van der Waals surface area contributed by atoms with Gasteiger partial charge in [-0.3, -0.25) is 4.79 Å². The van der Waals surface area contributed by atoms with Gasteiger partial charge < -0.3 is 15.8 Å². The summed E-state index contributed by atoms with van der Waals surface area (Å²) in [5, 5.41) is 2.97. The lowest BCUT2D eigenvalue weighted by atomic mass is 9.97. The van der Waals surface area contributed by atoms with E-state index in [1.807, 2.05) is 48.5 Å². The van der Waals surface area contributed by atoms with Gasteiger partial charge in [0, 0.05) is 12.1 Å². The Hall–Kier alpha value is -3.44. The third-order valence-corrected chi connectivity index (χ3v) is 4.51. The zero-order chi connectivity index (χ0) is 19.9. The predicted molar refractivity (Wildman–Crippen MR) is 109 cm³/mol. The van der Waals surface area contributed by atoms with Crippen LogP contribution in [0.25, 0.3) is 11.1 Å². The van der Waals surface area contributed by atoms with E-state index in [-0.39, 0.29) is 11.9 Å². The van der Waals surface area contributed by atoms with Crippen LogP contribution in [0.2, 0.25) is 0 Å². The van der Waals surface area contributed by atoms with E-state index < -0.39 is 5.97 Å². The third-order valence-electron chi connectivity index (χ3n) is 4.51. The van der Waals surface area contributed by atoms with Crippen molar-refractivity contribution in [1.82, 2.24) is 5.32 Å². The predicted octanol–water partition coefficient (Wildman–Crippen LogP) is 3.57. The van der Waals surface area contributed by atoms with Crippen LogP contribution in [0.5, 0.6) is 0 Å². The van der Waals surface area contributed by atoms with Gasteiger partial charge in [0.1, 0.15) is 0 Å². The molecule has 0 saturated heterocycles. The summed E-state index contributed by atoms with van der Waals surface area (Å²) in [5.74, 6) is -0.644. The van der Waals surface area contributed by atoms with Crippen molar-refractivity contribution < 1.29 is 14.3 Å². The SMILES string of the molecule is COC(=O)c1ccccc1-c1cccc(C(=O)N[C@@H](CN)c2ccccc2)c1. The van der Waals surface area contributed by atoms with E-state index in [1.54, 1.807) is 30.3 Å². The highest BCUT2D eigenvalue weighted by atomic mass is 16.5. The number of ether oxygens (including phenoxy) is 1. The number of rotatable bonds is 6. The average Bonchev–Trinajstić information content (AvgIpc) is 2.77. The number of nitrogens with two attached hydrogens (primary N) is 1. The van der Waals surface area contributed by atoms with Crippen LogP contribution in [0, 0.1) is 0 Å². The van der Waals surface area contributed by atoms with Gasteiger partial charge in [0.2, 0.25) is 0 Å². The lowest BCUT2D eigenvalue weighted by Crippen LogP contribution is -2.33. The lowest BCUT2D eigenvalue weighted by Gasteiger charge is -2.17. The van der Waals surface area contributed by atoms with E-state index in [0.717, 1.165) is 11.1 Å². The van der Waals surface area contributed by atoms with Crippen LogP contribution in [0.4, 0.5) is 0 Å². The summed E-state index contributed by atoms with van der Waals surface area (Å²) in [6.45, 7) is 0.292. The highest BCUT2D eigenvalue weighted by Gasteiger charge is 2.16. The second kappa shape index (κ2) is 8.97. The van der Waals surface area contributed by atoms with Crippen molar-refractivity contribution in [3.8, 4) is 11.1 Å². The second-order valence-corrected chi connectivity index (χ2v) is 6.29. The summed E-state index contributed by atoms with van der Waals surface area (Å²) in [6.07, 6.45) is 0. The number of hydrogen-bond donors (Lipinski definition) is 2. The van der Waals surface area contributed by atoms with E-state index in [0.29, 0.717) is 23.2 Å². The van der Waals surface area contributed by atoms with E-state index >= 15 is 0 Å². The number of esters is 1. The molecule has 3 rings (SSSR count). The van der Waals surface area contributed by atoms with Crippen molar-refractivity contribution in [2.24, 2.45) is 5.73 Å². The van der Waals surface area contributed by atoms with Gasteiger partial charge in [-0.1, -0.05) is 60.7 Å². The maximum absolute atomic E-state index is 12.8. The number of hydrogen-bond acceptors (Lipinski definition) is 4. The number of carbonyl (C=O) groups is 2. The first-order valence-electron chi connectivity index (χ1n) is 8.97. The molecular formula is C23H22N2O3. The molecule has 1 amide bonds. The van der Waals surface area contributed by atoms with Gasteiger partial charge >= 0.3 is 5.97 Å². The van der Waals surface area contributed by atoms with E-state index in [4.69, 9.17) is 10.5 Å². The highest BCUT2D eigenvalue weighted by Crippen LogP contribution is 2.25. The Balaban J connectivity index is 1.88. The fourth-order valence-corrected chi connectivity index (χ4v) is 3.06. The van der Waals surface area contributed by atoms with Crippen LogP contribution in [-0.2, 0) is 4.74 Å². The molecule has 5 heteroatoms. The zero-order valence-electron chi connectivity index (χ0n) is 15.6. The van der Waals surface area contributed by atoms with Crippen molar-refractivity contribution >= 4 is 11.9 Å². The summed E-state index contributed by atoms with van der Waals surface area (Å²) >= 11 is 0. The second-order valence-electron chi connectivity index (χ2n) is 6.29. The van der Waals surface area contributed by atoms with E-state index in [9.17, 15) is 9.59 Å². The van der Waals surface area contributed by atoms with Crippen molar-refractivity contribution in [3.05, 3.63) is 95.6 Å². The number of amides is 1. The molecule has 0 saturated carbocycles. The Bertz CT molecular complexity index is 970. The molecule has 1 atom stereocenters. The molecule has 3 N–H and O–H groups in total. The van der Waals surface area contributed by atoms with Crippen LogP contribution < -0.4 is 11.1 Å². The van der Waals surface area contributed by atoms with Crippen molar-refractivity contribution in [1.29, 1.82) is 0 Å². The van der Waals surface area contributed by atoms with E-state index in [2.05, 4.69) is 5.32 Å². The number of methoxy groups -OCH3 is 1. The molecule has 0 aromatic heterocycles. The molecular weight excluding hydrogens is 352 g/mol. The topological polar surface area (TPSA) is 81.4 Å². The average molecular weight is 374 g/mol. The Labute approximate surface area is 164 Å². The summed E-state index contributed by atoms with van der Waals surface area (Å²) in [5.41, 5.74) is 9.22. The number of nitrogens with one attached hydrogen (secondary N) is 1. The normalized spacial score (nSPS) is 11.5. The van der Waals surface area contributed by atoms with Gasteiger partial charge in [-0.15, -0.1) is 0 Å². The highest BCUT2D eigenvalue weighted by molar-refractivity contribution is 5.99. The van der Waals surface area contributed by atoms with Crippen LogP contribution in [0.3, 0.4) is 0 Å². The number of benzene rings is 3. The molecule has 5 nitrogen and oxygen atoms in total. The Morgan fingerprint density at radius 2 is 1.68 bits per heavy atom. The maximum Gasteiger partial charge on any atom is 0.338 e. The first kappa shape index (κ1) is 19.3. The first-order chi connectivity index (χ1) is 13.6. The zero-order valence-corrected chi connectivity index (χ0v) is 15.6. The Kier molecular flexibility index (Phi) is 6.19. The third kappa shape index (κ3) is 4.27. The molecule has 0 aliphatic carbocycles. The monoisotopic (exact) mass is 374 g/mol. The molecule has 0 aliphatic heterocycles. The molecule has 0 bridgehead atoms. The molecule has 3 aromatic carbocycles. The molecule has 0 heterocycles. The molecule has 0 aliphatic rings.